The summed E-state index contributed by atoms with van der Waals surface area (Å²) < 4.78 is 0. The monoisotopic (exact) mass is 668 g/mol. The van der Waals surface area contributed by atoms with Crippen LogP contribution in [0.3, 0.4) is 0 Å². The van der Waals surface area contributed by atoms with Gasteiger partial charge in [-0.25, -0.2) is 0 Å². The number of likely N-dealkylation sites (N-methyl/N-ethyl adjacent to an activating group) is 2. The zero-order valence-corrected chi connectivity index (χ0v) is 30.5. The van der Waals surface area contributed by atoms with Crippen LogP contribution in [-0.4, -0.2) is 61.9 Å². The summed E-state index contributed by atoms with van der Waals surface area (Å²) in [5.41, 5.74) is 9.86. The lowest BCUT2D eigenvalue weighted by Gasteiger charge is -2.28. The molecule has 2 aliphatic carbocycles. The largest absolute Gasteiger partial charge is 0.358 e. The van der Waals surface area contributed by atoms with Crippen molar-refractivity contribution >= 4 is 35.3 Å². The summed E-state index contributed by atoms with van der Waals surface area (Å²) in [5, 5.41) is 0. The normalized spacial score (nSPS) is 15.1. The van der Waals surface area contributed by atoms with Crippen molar-refractivity contribution in [1.29, 1.82) is 0 Å². The van der Waals surface area contributed by atoms with E-state index in [1.54, 1.807) is 19.0 Å². The summed E-state index contributed by atoms with van der Waals surface area (Å²) in [6.45, 7) is 12.2. The van der Waals surface area contributed by atoms with Crippen LogP contribution >= 0.6 is 0 Å². The molecule has 2 unspecified atom stereocenters. The molecule has 2 amide bonds. The van der Waals surface area contributed by atoms with Crippen molar-refractivity contribution in [3.63, 3.8) is 0 Å². The van der Waals surface area contributed by atoms with Gasteiger partial charge in [0.1, 0.15) is 0 Å². The third-order valence-electron chi connectivity index (χ3n) is 9.68. The lowest BCUT2D eigenvalue weighted by Crippen LogP contribution is -2.40. The molecule has 50 heavy (non-hydrogen) atoms. The van der Waals surface area contributed by atoms with Gasteiger partial charge in [-0.3, -0.25) is 9.59 Å². The Morgan fingerprint density at radius 3 is 1.40 bits per heavy atom. The molecule has 6 rings (SSSR count). The predicted molar refractivity (Wildman–Crippen MR) is 209 cm³/mol. The van der Waals surface area contributed by atoms with Gasteiger partial charge in [0, 0.05) is 51.6 Å². The van der Waals surface area contributed by atoms with Crippen LogP contribution < -0.4 is 9.80 Å². The number of hydrogen-bond donors (Lipinski definition) is 0. The second-order valence-electron chi connectivity index (χ2n) is 13.5. The number of amides is 2. The Bertz CT molecular complexity index is 1790. The van der Waals surface area contributed by atoms with Crippen LogP contribution in [0.15, 0.2) is 109 Å². The number of benzene rings is 4. The molecule has 6 nitrogen and oxygen atoms in total. The number of allylic oxidation sites excluding steroid dienone is 2. The molecule has 0 heterocycles. The molecule has 0 aromatic heterocycles. The molecular weight excluding hydrogens is 617 g/mol. The predicted octanol–water partition coefficient (Wildman–Crippen LogP) is 8.60. The van der Waals surface area contributed by atoms with Gasteiger partial charge in [0.15, 0.2) is 0 Å². The highest BCUT2D eigenvalue weighted by atomic mass is 16.2. The van der Waals surface area contributed by atoms with Crippen LogP contribution in [0.4, 0.5) is 11.4 Å². The van der Waals surface area contributed by atoms with Gasteiger partial charge in [-0.2, -0.15) is 0 Å². The number of rotatable bonds is 12. The third kappa shape index (κ3) is 9.12. The van der Waals surface area contributed by atoms with Gasteiger partial charge in [0.05, 0.1) is 13.1 Å². The van der Waals surface area contributed by atoms with E-state index in [1.807, 2.05) is 55.1 Å². The summed E-state index contributed by atoms with van der Waals surface area (Å²) in [6.07, 6.45) is 8.83. The fraction of sp³-hybridized carbons (Fsp3) is 0.318. The van der Waals surface area contributed by atoms with Crippen LogP contribution in [0.25, 0.3) is 12.2 Å². The van der Waals surface area contributed by atoms with Crippen molar-refractivity contribution in [3.05, 3.63) is 143 Å². The number of carbonyl (C=O) groups excluding carboxylic acids is 2. The number of anilines is 2. The summed E-state index contributed by atoms with van der Waals surface area (Å²) >= 11 is 0. The fourth-order valence-electron chi connectivity index (χ4n) is 6.57. The molecule has 0 saturated heterocycles. The lowest BCUT2D eigenvalue weighted by atomic mass is 10.0. The minimum Gasteiger partial charge on any atom is -0.358 e. The number of carbonyl (C=O) groups is 2. The van der Waals surface area contributed by atoms with Gasteiger partial charge in [0.25, 0.3) is 0 Å². The van der Waals surface area contributed by atoms with Crippen LogP contribution in [0.2, 0.25) is 0 Å². The van der Waals surface area contributed by atoms with Gasteiger partial charge >= 0.3 is 0 Å². The van der Waals surface area contributed by atoms with E-state index in [2.05, 4.69) is 109 Å². The maximum Gasteiger partial charge on any atom is 0.242 e. The van der Waals surface area contributed by atoms with Gasteiger partial charge in [-0.1, -0.05) is 111 Å². The van der Waals surface area contributed by atoms with Crippen LogP contribution in [-0.2, 0) is 22.7 Å². The smallest absolute Gasteiger partial charge is 0.242 e. The quantitative estimate of drug-likeness (QED) is 0.152. The number of hydrogen-bond acceptors (Lipinski definition) is 4. The highest BCUT2D eigenvalue weighted by Gasteiger charge is 2.20. The van der Waals surface area contributed by atoms with Gasteiger partial charge in [-0.05, 0) is 83.3 Å². The molecule has 0 fully saturated rings. The average molecular weight is 669 g/mol. The van der Waals surface area contributed by atoms with E-state index in [0.717, 1.165) is 37.6 Å². The second-order valence-corrected chi connectivity index (χ2v) is 13.5. The first-order valence-electron chi connectivity index (χ1n) is 17.9. The summed E-state index contributed by atoms with van der Waals surface area (Å²) in [5.74, 6) is 1.23. The summed E-state index contributed by atoms with van der Waals surface area (Å²) in [6, 6.07) is 33.7. The van der Waals surface area contributed by atoms with Crippen LogP contribution in [0, 0.1) is 0 Å². The van der Waals surface area contributed by atoms with E-state index < -0.39 is 0 Å². The molecule has 6 heteroatoms. The van der Waals surface area contributed by atoms with Crippen molar-refractivity contribution in [2.24, 2.45) is 0 Å². The first-order chi connectivity index (χ1) is 24.2. The van der Waals surface area contributed by atoms with Crippen molar-refractivity contribution in [2.75, 3.05) is 50.1 Å². The average Bonchev–Trinajstić information content (AvgIpc) is 3.70. The third-order valence-corrected chi connectivity index (χ3v) is 9.68. The molecule has 4 aromatic rings. The molecule has 0 bridgehead atoms. The van der Waals surface area contributed by atoms with Crippen molar-refractivity contribution in [2.45, 2.75) is 52.6 Å². The Morgan fingerprint density at radius 2 is 1.00 bits per heavy atom. The molecule has 260 valence electrons. The van der Waals surface area contributed by atoms with Crippen molar-refractivity contribution in [1.82, 2.24) is 9.80 Å². The molecule has 2 aliphatic rings. The summed E-state index contributed by atoms with van der Waals surface area (Å²) in [7, 11) is 3.60. The van der Waals surface area contributed by atoms with E-state index in [0.29, 0.717) is 24.9 Å². The Balaban J connectivity index is 0.000000195. The molecular formula is C44H52N4O2. The van der Waals surface area contributed by atoms with E-state index in [9.17, 15) is 9.59 Å². The number of fused-ring (bicyclic) bond motifs is 2. The first kappa shape index (κ1) is 36.2. The van der Waals surface area contributed by atoms with E-state index in [4.69, 9.17) is 0 Å². The molecule has 2 atom stereocenters. The van der Waals surface area contributed by atoms with Gasteiger partial charge in [0.2, 0.25) is 11.8 Å². The van der Waals surface area contributed by atoms with Gasteiger partial charge in [-0.15, -0.1) is 0 Å². The fourth-order valence-corrected chi connectivity index (χ4v) is 6.57. The SMILES string of the molecule is CC1C=Cc2cc(N(CC(=O)N(C)C)Cc3ccccc3)ccc21.CCN(CC)C(=O)CN(Cc1ccccc1)c1ccc2c(c1)C=CC2C. The molecule has 0 aliphatic heterocycles. The minimum atomic E-state index is 0.107. The first-order valence-corrected chi connectivity index (χ1v) is 17.9. The van der Waals surface area contributed by atoms with Crippen LogP contribution in [0.1, 0.15) is 72.9 Å². The Kier molecular flexibility index (Phi) is 12.3. The van der Waals surface area contributed by atoms with E-state index >= 15 is 0 Å². The highest BCUT2D eigenvalue weighted by molar-refractivity contribution is 5.82. The highest BCUT2D eigenvalue weighted by Crippen LogP contribution is 2.34. The molecule has 0 N–H and O–H groups in total. The van der Waals surface area contributed by atoms with E-state index in [-0.39, 0.29) is 11.8 Å². The Hall–Kier alpha value is -5.10. The molecule has 0 radical (unpaired) electrons. The zero-order valence-electron chi connectivity index (χ0n) is 30.5. The Morgan fingerprint density at radius 1 is 0.580 bits per heavy atom. The standard InChI is InChI=1S/C23H28N2O.C21H24N2O/c1-4-24(5-2)23(26)17-25(16-19-9-7-6-8-10-19)21-13-14-22-18(3)11-12-20(22)15-21;1-16-9-10-18-13-19(11-12-20(16)18)23(15-21(24)22(2)3)14-17-7-5-4-6-8-17/h6-15,18H,4-5,16-17H2,1-3H3;4-13,16H,14-15H2,1-3H3. The van der Waals surface area contributed by atoms with Crippen molar-refractivity contribution in [3.8, 4) is 0 Å². The minimum absolute atomic E-state index is 0.107. The maximum atomic E-state index is 12.7. The topological polar surface area (TPSA) is 47.1 Å². The lowest BCUT2D eigenvalue weighted by molar-refractivity contribution is -0.129. The molecule has 4 aromatic carbocycles. The van der Waals surface area contributed by atoms with Crippen LogP contribution in [0.5, 0.6) is 0 Å². The second kappa shape index (κ2) is 17.0. The number of nitrogens with zero attached hydrogens (tertiary/aromatic N) is 4. The molecule has 0 spiro atoms. The van der Waals surface area contributed by atoms with Gasteiger partial charge < -0.3 is 19.6 Å². The maximum absolute atomic E-state index is 12.7. The summed E-state index contributed by atoms with van der Waals surface area (Å²) in [4.78, 5) is 32.9. The Labute approximate surface area is 299 Å². The van der Waals surface area contributed by atoms with Crippen molar-refractivity contribution < 1.29 is 9.59 Å². The zero-order chi connectivity index (χ0) is 35.6. The van der Waals surface area contributed by atoms with E-state index in [1.165, 1.54) is 33.4 Å². The molecule has 0 saturated carbocycles.